The van der Waals surface area contributed by atoms with E-state index in [0.29, 0.717) is 5.25 Å². The van der Waals surface area contributed by atoms with Crippen LogP contribution >= 0.6 is 11.8 Å². The van der Waals surface area contributed by atoms with Crippen molar-refractivity contribution in [3.63, 3.8) is 0 Å². The second-order valence-electron chi connectivity index (χ2n) is 7.77. The molecule has 1 N–H and O–H groups in total. The van der Waals surface area contributed by atoms with Gasteiger partial charge in [-0.25, -0.2) is 9.97 Å². The third kappa shape index (κ3) is 4.36. The molecule has 138 valence electrons. The van der Waals surface area contributed by atoms with Gasteiger partial charge >= 0.3 is 7.12 Å². The number of hydrogen-bond acceptors (Lipinski definition) is 7. The second-order valence-corrected chi connectivity index (χ2v) is 9.04. The molecule has 3 rings (SSSR count). The van der Waals surface area contributed by atoms with E-state index in [4.69, 9.17) is 14.4 Å². The molecule has 1 aromatic rings. The molecule has 2 fully saturated rings. The molecule has 0 amide bonds. The van der Waals surface area contributed by atoms with Crippen molar-refractivity contribution in [1.29, 1.82) is 0 Å². The predicted octanol–water partition coefficient (Wildman–Crippen LogP) is 1.32. The van der Waals surface area contributed by atoms with E-state index >= 15 is 0 Å². The SMILES string of the molecule is CC1(C)OB(c2cnc(SC3CCN(CCO)CC3)nc2)OC1(C)C. The zero-order valence-electron chi connectivity index (χ0n) is 15.6. The number of rotatable bonds is 5. The smallest absolute Gasteiger partial charge is 0.399 e. The Labute approximate surface area is 154 Å². The zero-order chi connectivity index (χ0) is 18.1. The van der Waals surface area contributed by atoms with Crippen LogP contribution in [0.25, 0.3) is 0 Å². The standard InChI is InChI=1S/C17H28BN3O3S/c1-16(2)17(3,4)24-18(23-16)13-11-19-15(20-12-13)25-14-5-7-21(8-6-14)9-10-22/h11-12,14,22H,5-10H2,1-4H3. The first kappa shape index (κ1) is 19.1. The average molecular weight is 365 g/mol. The van der Waals surface area contributed by atoms with Crippen molar-refractivity contribution in [3.05, 3.63) is 12.4 Å². The van der Waals surface area contributed by atoms with E-state index in [0.717, 1.165) is 43.1 Å². The third-order valence-electron chi connectivity index (χ3n) is 5.40. The van der Waals surface area contributed by atoms with Crippen LogP contribution in [0.2, 0.25) is 0 Å². The monoisotopic (exact) mass is 365 g/mol. The van der Waals surface area contributed by atoms with E-state index in [1.54, 1.807) is 11.8 Å². The summed E-state index contributed by atoms with van der Waals surface area (Å²) in [5, 5.41) is 10.4. The Balaban J connectivity index is 1.55. The van der Waals surface area contributed by atoms with Crippen LogP contribution < -0.4 is 5.46 Å². The van der Waals surface area contributed by atoms with Crippen LogP contribution in [-0.2, 0) is 9.31 Å². The normalized spacial score (nSPS) is 24.0. The van der Waals surface area contributed by atoms with Crippen LogP contribution in [0.3, 0.4) is 0 Å². The van der Waals surface area contributed by atoms with Crippen molar-refractivity contribution in [2.24, 2.45) is 0 Å². The maximum Gasteiger partial charge on any atom is 0.498 e. The number of piperidine rings is 1. The first-order valence-electron chi connectivity index (χ1n) is 8.98. The molecule has 2 aliphatic rings. The van der Waals surface area contributed by atoms with E-state index in [1.165, 1.54) is 0 Å². The first-order valence-corrected chi connectivity index (χ1v) is 9.86. The highest BCUT2D eigenvalue weighted by Crippen LogP contribution is 2.36. The van der Waals surface area contributed by atoms with Gasteiger partial charge < -0.3 is 19.3 Å². The van der Waals surface area contributed by atoms with Gasteiger partial charge in [-0.05, 0) is 53.6 Å². The minimum Gasteiger partial charge on any atom is -0.399 e. The van der Waals surface area contributed by atoms with E-state index in [2.05, 4.69) is 14.9 Å². The molecule has 25 heavy (non-hydrogen) atoms. The third-order valence-corrected chi connectivity index (χ3v) is 6.62. The molecule has 3 heterocycles. The zero-order valence-corrected chi connectivity index (χ0v) is 16.4. The Kier molecular flexibility index (Phi) is 5.75. The topological polar surface area (TPSA) is 67.7 Å². The van der Waals surface area contributed by atoms with Gasteiger partial charge in [0, 0.05) is 29.7 Å². The minimum atomic E-state index is -0.411. The largest absolute Gasteiger partial charge is 0.498 e. The highest BCUT2D eigenvalue weighted by Gasteiger charge is 2.51. The number of aromatic nitrogens is 2. The second kappa shape index (κ2) is 7.52. The molecule has 0 aliphatic carbocycles. The van der Waals surface area contributed by atoms with Gasteiger partial charge in [0.15, 0.2) is 5.16 Å². The summed E-state index contributed by atoms with van der Waals surface area (Å²) in [5.74, 6) is 0. The quantitative estimate of drug-likeness (QED) is 0.624. The molecule has 6 nitrogen and oxygen atoms in total. The van der Waals surface area contributed by atoms with Gasteiger partial charge in [-0.3, -0.25) is 0 Å². The van der Waals surface area contributed by atoms with Gasteiger partial charge in [0.05, 0.1) is 17.8 Å². The molecule has 0 atom stereocenters. The van der Waals surface area contributed by atoms with Crippen molar-refractivity contribution in [2.75, 3.05) is 26.2 Å². The first-order chi connectivity index (χ1) is 11.8. The van der Waals surface area contributed by atoms with E-state index in [1.807, 2.05) is 40.1 Å². The highest BCUT2D eigenvalue weighted by molar-refractivity contribution is 7.99. The molecule has 0 saturated carbocycles. The summed E-state index contributed by atoms with van der Waals surface area (Å²) in [7, 11) is -0.411. The summed E-state index contributed by atoms with van der Waals surface area (Å²) in [6.07, 6.45) is 5.84. The molecule has 0 bridgehead atoms. The Morgan fingerprint density at radius 1 is 1.16 bits per heavy atom. The van der Waals surface area contributed by atoms with Gasteiger partial charge in [0.2, 0.25) is 0 Å². The van der Waals surface area contributed by atoms with Crippen LogP contribution in [0, 0.1) is 0 Å². The molecule has 2 aliphatic heterocycles. The van der Waals surface area contributed by atoms with Crippen molar-refractivity contribution in [2.45, 2.75) is 62.1 Å². The van der Waals surface area contributed by atoms with Crippen LogP contribution in [-0.4, -0.2) is 69.8 Å². The van der Waals surface area contributed by atoms with Crippen LogP contribution in [0.1, 0.15) is 40.5 Å². The number of thioether (sulfide) groups is 1. The molecular formula is C17H28BN3O3S. The van der Waals surface area contributed by atoms with Crippen LogP contribution in [0.5, 0.6) is 0 Å². The van der Waals surface area contributed by atoms with Crippen molar-refractivity contribution in [3.8, 4) is 0 Å². The Morgan fingerprint density at radius 3 is 2.24 bits per heavy atom. The number of aliphatic hydroxyl groups is 1. The summed E-state index contributed by atoms with van der Waals surface area (Å²) < 4.78 is 12.1. The molecule has 1 aromatic heterocycles. The lowest BCUT2D eigenvalue weighted by Gasteiger charge is -2.32. The molecular weight excluding hydrogens is 337 g/mol. The van der Waals surface area contributed by atoms with Gasteiger partial charge in [-0.2, -0.15) is 0 Å². The van der Waals surface area contributed by atoms with E-state index in [-0.39, 0.29) is 17.8 Å². The minimum absolute atomic E-state index is 0.237. The summed E-state index contributed by atoms with van der Waals surface area (Å²) in [6.45, 7) is 11.2. The lowest BCUT2D eigenvalue weighted by atomic mass is 9.81. The average Bonchev–Trinajstić information content (AvgIpc) is 2.78. The van der Waals surface area contributed by atoms with Crippen molar-refractivity contribution >= 4 is 24.3 Å². The van der Waals surface area contributed by atoms with Gasteiger partial charge in [-0.15, -0.1) is 0 Å². The van der Waals surface area contributed by atoms with Crippen LogP contribution in [0.4, 0.5) is 0 Å². The summed E-state index contributed by atoms with van der Waals surface area (Å²) in [4.78, 5) is 11.3. The Bertz CT molecular complexity index is 561. The lowest BCUT2D eigenvalue weighted by Crippen LogP contribution is -2.41. The molecule has 2 saturated heterocycles. The summed E-state index contributed by atoms with van der Waals surface area (Å²) in [5.41, 5.74) is 0.155. The summed E-state index contributed by atoms with van der Waals surface area (Å²) >= 11 is 1.74. The molecule has 0 unspecified atom stereocenters. The van der Waals surface area contributed by atoms with Crippen molar-refractivity contribution < 1.29 is 14.4 Å². The van der Waals surface area contributed by atoms with Gasteiger partial charge in [-0.1, -0.05) is 11.8 Å². The number of nitrogens with zero attached hydrogens (tertiary/aromatic N) is 3. The molecule has 0 radical (unpaired) electrons. The Hall–Kier alpha value is -0.665. The number of β-amino-alcohol motifs (C(OH)–C–C–N with tert-alkyl or cyclic N) is 1. The molecule has 8 heteroatoms. The molecule has 0 spiro atoms. The van der Waals surface area contributed by atoms with Gasteiger partial charge in [0.25, 0.3) is 0 Å². The fraction of sp³-hybridized carbons (Fsp3) is 0.765. The fourth-order valence-corrected chi connectivity index (χ4v) is 4.00. The number of aliphatic hydroxyl groups excluding tert-OH is 1. The van der Waals surface area contributed by atoms with Gasteiger partial charge in [0.1, 0.15) is 0 Å². The maximum atomic E-state index is 9.01. The fourth-order valence-electron chi connectivity index (χ4n) is 3.03. The van der Waals surface area contributed by atoms with Crippen molar-refractivity contribution in [1.82, 2.24) is 14.9 Å². The maximum absolute atomic E-state index is 9.01. The van der Waals surface area contributed by atoms with E-state index in [9.17, 15) is 0 Å². The summed E-state index contributed by atoms with van der Waals surface area (Å²) in [6, 6.07) is 0. The number of likely N-dealkylation sites (tertiary alicyclic amines) is 1. The lowest BCUT2D eigenvalue weighted by molar-refractivity contribution is 0.00578. The molecule has 0 aromatic carbocycles. The highest BCUT2D eigenvalue weighted by atomic mass is 32.2. The Morgan fingerprint density at radius 2 is 1.72 bits per heavy atom. The predicted molar refractivity (Wildman–Crippen MR) is 100 cm³/mol. The van der Waals surface area contributed by atoms with E-state index < -0.39 is 7.12 Å². The number of hydrogen-bond donors (Lipinski definition) is 1. The van der Waals surface area contributed by atoms with Crippen LogP contribution in [0.15, 0.2) is 17.6 Å².